The van der Waals surface area contributed by atoms with Gasteiger partial charge in [-0.25, -0.2) is 28.2 Å². The van der Waals surface area contributed by atoms with E-state index in [-0.39, 0.29) is 11.4 Å². The average Bonchev–Trinajstić information content (AvgIpc) is 3.35. The van der Waals surface area contributed by atoms with E-state index in [1.54, 1.807) is 23.1 Å². The lowest BCUT2D eigenvalue weighted by Gasteiger charge is -2.24. The molecule has 10 heteroatoms. The highest BCUT2D eigenvalue weighted by Crippen LogP contribution is 2.29. The summed E-state index contributed by atoms with van der Waals surface area (Å²) in [4.78, 5) is 20.2. The van der Waals surface area contributed by atoms with Crippen LogP contribution in [0.25, 0.3) is 11.3 Å². The monoisotopic (exact) mass is 414 g/mol. The third-order valence-electron chi connectivity index (χ3n) is 4.90. The number of cyclic esters (lactones) is 1. The smallest absolute Gasteiger partial charge is 0.409 e. The third kappa shape index (κ3) is 3.80. The Morgan fingerprint density at radius 2 is 2.17 bits per heavy atom. The molecule has 1 saturated heterocycles. The quantitative estimate of drug-likeness (QED) is 0.630. The Labute approximate surface area is 171 Å². The summed E-state index contributed by atoms with van der Waals surface area (Å²) in [6, 6.07) is 6.24. The number of aromatic nitrogens is 4. The Hall–Kier alpha value is -3.56. The van der Waals surface area contributed by atoms with Crippen LogP contribution in [-0.2, 0) is 10.5 Å². The van der Waals surface area contributed by atoms with Crippen molar-refractivity contribution in [3.63, 3.8) is 0 Å². The van der Waals surface area contributed by atoms with Gasteiger partial charge in [0.2, 0.25) is 5.72 Å². The van der Waals surface area contributed by atoms with Gasteiger partial charge in [0, 0.05) is 29.9 Å². The number of halogens is 2. The van der Waals surface area contributed by atoms with Gasteiger partial charge in [-0.2, -0.15) is 5.10 Å². The number of hydrogen-bond donors (Lipinski definition) is 2. The molecule has 0 radical (unpaired) electrons. The Morgan fingerprint density at radius 1 is 1.33 bits per heavy atom. The van der Waals surface area contributed by atoms with Crippen LogP contribution in [0.4, 0.5) is 25.2 Å². The Morgan fingerprint density at radius 3 is 2.87 bits per heavy atom. The standard InChI is InChI=1S/C20H20F2N6O2/c1-3-20(11-24-19(29)30-20)28-10-14(9-25-28)15-6-12(2)7-17(26-15)27-16-8-13(18(21)22)4-5-23-16/h4-10,18H,3,11H2,1-2H3,(H,24,29)(H,23,26,27)/t20-/m1/s1. The fourth-order valence-corrected chi connectivity index (χ4v) is 3.28. The summed E-state index contributed by atoms with van der Waals surface area (Å²) in [7, 11) is 0. The second-order valence-corrected chi connectivity index (χ2v) is 7.03. The predicted octanol–water partition coefficient (Wildman–Crippen LogP) is 4.13. The number of alkyl halides is 2. The number of pyridine rings is 2. The van der Waals surface area contributed by atoms with Crippen LogP contribution in [0.2, 0.25) is 0 Å². The minimum atomic E-state index is -2.58. The van der Waals surface area contributed by atoms with E-state index >= 15 is 0 Å². The number of aryl methyl sites for hydroxylation is 1. The van der Waals surface area contributed by atoms with Gasteiger partial charge in [0.05, 0.1) is 18.4 Å². The van der Waals surface area contributed by atoms with Crippen molar-refractivity contribution in [1.29, 1.82) is 0 Å². The molecule has 30 heavy (non-hydrogen) atoms. The minimum Gasteiger partial charge on any atom is -0.419 e. The Kier molecular flexibility index (Phi) is 5.06. The summed E-state index contributed by atoms with van der Waals surface area (Å²) in [6.07, 6.45) is 2.23. The normalized spacial score (nSPS) is 18.4. The zero-order valence-corrected chi connectivity index (χ0v) is 16.4. The first kappa shape index (κ1) is 19.7. The summed E-state index contributed by atoms with van der Waals surface area (Å²) in [5.74, 6) is 0.747. The van der Waals surface area contributed by atoms with Crippen molar-refractivity contribution in [2.24, 2.45) is 0 Å². The number of alkyl carbamates (subject to hydrolysis) is 1. The molecule has 0 saturated carbocycles. The molecular formula is C20H20F2N6O2. The van der Waals surface area contributed by atoms with Gasteiger partial charge in [0.25, 0.3) is 6.43 Å². The van der Waals surface area contributed by atoms with Crippen LogP contribution in [-0.4, -0.2) is 32.4 Å². The maximum Gasteiger partial charge on any atom is 0.409 e. The summed E-state index contributed by atoms with van der Waals surface area (Å²) in [6.45, 7) is 4.14. The molecule has 3 aromatic rings. The number of nitrogens with one attached hydrogen (secondary N) is 2. The first-order valence-corrected chi connectivity index (χ1v) is 9.41. The highest BCUT2D eigenvalue weighted by molar-refractivity contribution is 5.70. The van der Waals surface area contributed by atoms with Crippen molar-refractivity contribution in [2.75, 3.05) is 11.9 Å². The number of rotatable bonds is 6. The van der Waals surface area contributed by atoms with Gasteiger partial charge in [-0.3, -0.25) is 0 Å². The lowest BCUT2D eigenvalue weighted by Crippen LogP contribution is -2.37. The lowest BCUT2D eigenvalue weighted by molar-refractivity contribution is -0.0229. The Balaban J connectivity index is 1.62. The second-order valence-electron chi connectivity index (χ2n) is 7.03. The molecule has 1 aliphatic rings. The van der Waals surface area contributed by atoms with Crippen molar-refractivity contribution in [2.45, 2.75) is 32.4 Å². The van der Waals surface area contributed by atoms with Gasteiger partial charge < -0.3 is 15.4 Å². The topological polar surface area (TPSA) is 94.0 Å². The molecule has 1 fully saturated rings. The fourth-order valence-electron chi connectivity index (χ4n) is 3.28. The minimum absolute atomic E-state index is 0.119. The van der Waals surface area contributed by atoms with Gasteiger partial charge >= 0.3 is 6.09 Å². The Bertz CT molecular complexity index is 1090. The van der Waals surface area contributed by atoms with E-state index in [1.165, 1.54) is 18.3 Å². The van der Waals surface area contributed by atoms with E-state index < -0.39 is 18.2 Å². The van der Waals surface area contributed by atoms with Gasteiger partial charge in [-0.05, 0) is 36.8 Å². The molecule has 0 bridgehead atoms. The van der Waals surface area contributed by atoms with Crippen LogP contribution < -0.4 is 10.6 Å². The number of anilines is 2. The maximum absolute atomic E-state index is 12.9. The highest BCUT2D eigenvalue weighted by atomic mass is 19.3. The van der Waals surface area contributed by atoms with Crippen molar-refractivity contribution in [3.8, 4) is 11.3 Å². The van der Waals surface area contributed by atoms with E-state index in [0.29, 0.717) is 24.5 Å². The molecular weight excluding hydrogens is 394 g/mol. The van der Waals surface area contributed by atoms with E-state index in [1.807, 2.05) is 19.9 Å². The number of amides is 1. The largest absolute Gasteiger partial charge is 0.419 e. The van der Waals surface area contributed by atoms with Crippen molar-refractivity contribution in [1.82, 2.24) is 25.1 Å². The van der Waals surface area contributed by atoms with Gasteiger partial charge in [0.15, 0.2) is 0 Å². The number of carbonyl (C=O) groups excluding carboxylic acids is 1. The SMILES string of the molecule is CC[C@]1(n2cc(-c3cc(C)cc(Nc4cc(C(F)F)ccn4)n3)cn2)CNC(=O)O1. The van der Waals surface area contributed by atoms with E-state index in [0.717, 1.165) is 11.1 Å². The van der Waals surface area contributed by atoms with Crippen LogP contribution in [0.3, 0.4) is 0 Å². The number of carbonyl (C=O) groups is 1. The van der Waals surface area contributed by atoms with E-state index in [9.17, 15) is 13.6 Å². The molecule has 8 nitrogen and oxygen atoms in total. The predicted molar refractivity (Wildman–Crippen MR) is 105 cm³/mol. The molecule has 4 heterocycles. The first-order valence-electron chi connectivity index (χ1n) is 9.41. The van der Waals surface area contributed by atoms with Gasteiger partial charge in [0.1, 0.15) is 11.6 Å². The van der Waals surface area contributed by atoms with Crippen molar-refractivity contribution < 1.29 is 18.3 Å². The molecule has 1 amide bonds. The summed E-state index contributed by atoms with van der Waals surface area (Å²) < 4.78 is 32.9. The summed E-state index contributed by atoms with van der Waals surface area (Å²) >= 11 is 0. The summed E-state index contributed by atoms with van der Waals surface area (Å²) in [5.41, 5.74) is 1.29. The zero-order valence-electron chi connectivity index (χ0n) is 16.4. The third-order valence-corrected chi connectivity index (χ3v) is 4.90. The molecule has 0 unspecified atom stereocenters. The summed E-state index contributed by atoms with van der Waals surface area (Å²) in [5, 5.41) is 10.0. The van der Waals surface area contributed by atoms with Crippen LogP contribution in [0.15, 0.2) is 42.9 Å². The number of nitrogens with zero attached hydrogens (tertiary/aromatic N) is 4. The average molecular weight is 414 g/mol. The second kappa shape index (κ2) is 7.69. The molecule has 0 spiro atoms. The van der Waals surface area contributed by atoms with Crippen LogP contribution in [0.5, 0.6) is 0 Å². The molecule has 4 rings (SSSR count). The van der Waals surface area contributed by atoms with Crippen LogP contribution in [0, 0.1) is 6.92 Å². The molecule has 156 valence electrons. The molecule has 0 aromatic carbocycles. The van der Waals surface area contributed by atoms with Gasteiger partial charge in [-0.15, -0.1) is 0 Å². The molecule has 0 aliphatic carbocycles. The van der Waals surface area contributed by atoms with Crippen molar-refractivity contribution in [3.05, 3.63) is 54.0 Å². The molecule has 1 atom stereocenters. The first-order chi connectivity index (χ1) is 14.4. The van der Waals surface area contributed by atoms with Crippen LogP contribution >= 0.6 is 0 Å². The highest BCUT2D eigenvalue weighted by Gasteiger charge is 2.41. The number of hydrogen-bond acceptors (Lipinski definition) is 6. The zero-order chi connectivity index (χ0) is 21.3. The van der Waals surface area contributed by atoms with Gasteiger partial charge in [-0.1, -0.05) is 6.92 Å². The van der Waals surface area contributed by atoms with Crippen molar-refractivity contribution >= 4 is 17.7 Å². The number of ether oxygens (including phenoxy) is 1. The van der Waals surface area contributed by atoms with E-state index in [2.05, 4.69) is 25.7 Å². The lowest BCUT2D eigenvalue weighted by atomic mass is 10.1. The van der Waals surface area contributed by atoms with Crippen LogP contribution in [0.1, 0.15) is 30.9 Å². The fraction of sp³-hybridized carbons (Fsp3) is 0.300. The molecule has 2 N–H and O–H groups in total. The maximum atomic E-state index is 12.9. The molecule has 1 aliphatic heterocycles. The molecule has 3 aromatic heterocycles. The van der Waals surface area contributed by atoms with E-state index in [4.69, 9.17) is 4.74 Å².